The average molecular weight is 481 g/mol. The van der Waals surface area contributed by atoms with Crippen molar-refractivity contribution in [3.05, 3.63) is 0 Å². The van der Waals surface area contributed by atoms with E-state index in [9.17, 15) is 24.4 Å². The second-order valence-electron chi connectivity index (χ2n) is 6.68. The molecule has 31 heavy (non-hydrogen) atoms. The molecule has 0 fully saturated rings. The van der Waals surface area contributed by atoms with E-state index in [1.54, 1.807) is 11.8 Å². The molecule has 2 atom stereocenters. The van der Waals surface area contributed by atoms with E-state index in [2.05, 4.69) is 22.0 Å². The molecule has 0 aromatic heterocycles. The van der Waals surface area contributed by atoms with E-state index in [0.717, 1.165) is 43.2 Å². The number of rotatable bonds is 17. The lowest BCUT2D eigenvalue weighted by molar-refractivity contribution is -0.139. The summed E-state index contributed by atoms with van der Waals surface area (Å²) in [5.41, 5.74) is 5.36. The van der Waals surface area contributed by atoms with Crippen LogP contribution in [0.25, 0.3) is 0 Å². The van der Waals surface area contributed by atoms with Crippen molar-refractivity contribution in [1.29, 1.82) is 0 Å². The number of carboxylic acids is 2. The molecule has 7 N–H and O–H groups in total. The van der Waals surface area contributed by atoms with E-state index in [1.165, 1.54) is 0 Å². The number of aliphatic carboxylic acids is 2. The van der Waals surface area contributed by atoms with Crippen LogP contribution in [0.1, 0.15) is 44.9 Å². The molecule has 0 aromatic rings. The van der Waals surface area contributed by atoms with Gasteiger partial charge < -0.3 is 31.8 Å². The van der Waals surface area contributed by atoms with Crippen LogP contribution in [0, 0.1) is 0 Å². The zero-order chi connectivity index (χ0) is 23.6. The first-order chi connectivity index (χ1) is 14.7. The monoisotopic (exact) mass is 480 g/mol. The zero-order valence-electron chi connectivity index (χ0n) is 17.5. The Labute approximate surface area is 190 Å². The Morgan fingerprint density at radius 3 is 2.32 bits per heavy atom. The van der Waals surface area contributed by atoms with Crippen LogP contribution in [-0.2, 0) is 19.2 Å². The molecule has 11 nitrogen and oxygen atoms in total. The fraction of sp³-hybridized carbons (Fsp3) is 0.722. The highest BCUT2D eigenvalue weighted by molar-refractivity contribution is 8.14. The molecule has 0 saturated carbocycles. The van der Waals surface area contributed by atoms with Crippen molar-refractivity contribution in [3.8, 4) is 0 Å². The minimum absolute atomic E-state index is 0.0219. The van der Waals surface area contributed by atoms with Crippen LogP contribution in [0.5, 0.6) is 0 Å². The van der Waals surface area contributed by atoms with Crippen molar-refractivity contribution >= 4 is 52.3 Å². The van der Waals surface area contributed by atoms with Gasteiger partial charge in [-0.2, -0.15) is 11.8 Å². The van der Waals surface area contributed by atoms with E-state index in [1.807, 2.05) is 0 Å². The predicted octanol–water partition coefficient (Wildman–Crippen LogP) is 0.699. The summed E-state index contributed by atoms with van der Waals surface area (Å²) in [7, 11) is 0. The largest absolute Gasteiger partial charge is 0.480 e. The summed E-state index contributed by atoms with van der Waals surface area (Å²) in [6, 6.07) is -2.29. The number of hydrogen-bond acceptors (Lipinski definition) is 9. The van der Waals surface area contributed by atoms with E-state index >= 15 is 0 Å². The highest BCUT2D eigenvalue weighted by Gasteiger charge is 2.23. The van der Waals surface area contributed by atoms with E-state index in [0.29, 0.717) is 11.5 Å². The number of nitrogens with one attached hydrogen (secondary N) is 2. The summed E-state index contributed by atoms with van der Waals surface area (Å²) < 4.78 is 0. The van der Waals surface area contributed by atoms with Gasteiger partial charge in [0.25, 0.3) is 0 Å². The lowest BCUT2D eigenvalue weighted by Crippen LogP contribution is -2.49. The summed E-state index contributed by atoms with van der Waals surface area (Å²) >= 11 is 2.87. The summed E-state index contributed by atoms with van der Waals surface area (Å²) in [5.74, 6) is -2.66. The minimum Gasteiger partial charge on any atom is -0.480 e. The second-order valence-corrected chi connectivity index (χ2v) is 8.76. The molecule has 0 heterocycles. The third kappa shape index (κ3) is 15.5. The number of carboxylic acid groups (broad SMARTS) is 2. The summed E-state index contributed by atoms with van der Waals surface area (Å²) in [6.45, 7) is -0.614. The van der Waals surface area contributed by atoms with Gasteiger partial charge in [-0.25, -0.2) is 0 Å². The first-order valence-corrected chi connectivity index (χ1v) is 12.2. The Morgan fingerprint density at radius 1 is 1.06 bits per heavy atom. The third-order valence-corrected chi connectivity index (χ3v) is 5.90. The number of unbranched alkanes of at least 4 members (excludes halogenated alkanes) is 3. The zero-order valence-corrected chi connectivity index (χ0v) is 19.2. The highest BCUT2D eigenvalue weighted by atomic mass is 32.2. The van der Waals surface area contributed by atoms with Gasteiger partial charge in [0, 0.05) is 12.2 Å². The first-order valence-electron chi connectivity index (χ1n) is 9.81. The quantitative estimate of drug-likeness (QED) is 0.0567. The predicted molar refractivity (Wildman–Crippen MR) is 121 cm³/mol. The van der Waals surface area contributed by atoms with Gasteiger partial charge in [0.2, 0.25) is 11.8 Å². The van der Waals surface area contributed by atoms with Crippen LogP contribution in [0.4, 0.5) is 0 Å². The van der Waals surface area contributed by atoms with Crippen LogP contribution < -0.4 is 16.4 Å². The van der Waals surface area contributed by atoms with Crippen LogP contribution in [0.2, 0.25) is 0 Å². The molecule has 0 aliphatic rings. The molecule has 0 saturated heterocycles. The number of nitrogens with two attached hydrogens (primary N) is 1. The van der Waals surface area contributed by atoms with Gasteiger partial charge in [0.05, 0.1) is 0 Å². The molecule has 0 unspecified atom stereocenters. The van der Waals surface area contributed by atoms with Crippen molar-refractivity contribution in [2.45, 2.75) is 57.0 Å². The summed E-state index contributed by atoms with van der Waals surface area (Å²) in [4.78, 5) is 45.8. The summed E-state index contributed by atoms with van der Waals surface area (Å²) in [5, 5.41) is 35.0. The minimum atomic E-state index is -1.24. The highest BCUT2D eigenvalue weighted by Crippen LogP contribution is 2.15. The first kappa shape index (κ1) is 29.0. The topological polar surface area (TPSA) is 191 Å². The molecular weight excluding hydrogens is 448 g/mol. The number of carbonyl (C=O) groups excluding carboxylic acids is 2. The third-order valence-electron chi connectivity index (χ3n) is 4.08. The lowest BCUT2D eigenvalue weighted by atomic mass is 10.1. The van der Waals surface area contributed by atoms with Gasteiger partial charge in [-0.05, 0) is 37.7 Å². The standard InChI is InChI=1S/C18H32N4O7S2/c1-30-9-5-3-2-4-6-15(22-29)31-11-13(17(26)20-10-16(24)25)21-14(23)8-7-12(19)18(27)28/h12-13,29H,2-11,19H2,1H3,(H,20,26)(H,21,23)(H,24,25)(H,27,28)/b22-15+/t12-,13-/m0/s1. The maximum Gasteiger partial charge on any atom is 0.322 e. The number of nitrogens with zero attached hydrogens (tertiary/aromatic N) is 1. The Hall–Kier alpha value is -1.99. The fourth-order valence-electron chi connectivity index (χ4n) is 2.35. The van der Waals surface area contributed by atoms with Gasteiger partial charge in [-0.15, -0.1) is 11.8 Å². The SMILES string of the molecule is CSCCCCCC/C(=N\O)SC[C@H](NC(=O)CC[C@H](N)C(=O)O)C(=O)NCC(=O)O. The second kappa shape index (κ2) is 17.7. The number of carbonyl (C=O) groups is 4. The molecule has 0 radical (unpaired) electrons. The Morgan fingerprint density at radius 2 is 1.74 bits per heavy atom. The Bertz CT molecular complexity index is 620. The Kier molecular flexibility index (Phi) is 16.5. The van der Waals surface area contributed by atoms with E-state index in [-0.39, 0.29) is 18.6 Å². The number of hydrogen-bond donors (Lipinski definition) is 6. The van der Waals surface area contributed by atoms with Crippen LogP contribution in [0.15, 0.2) is 5.16 Å². The average Bonchev–Trinajstić information content (AvgIpc) is 2.73. The summed E-state index contributed by atoms with van der Waals surface area (Å²) in [6.07, 6.45) is 6.22. The maximum absolute atomic E-state index is 12.3. The molecular formula is C18H32N4O7S2. The van der Waals surface area contributed by atoms with E-state index in [4.69, 9.17) is 15.9 Å². The van der Waals surface area contributed by atoms with E-state index < -0.39 is 42.4 Å². The molecule has 0 rings (SSSR count). The van der Waals surface area contributed by atoms with Gasteiger partial charge in [0.1, 0.15) is 23.7 Å². The van der Waals surface area contributed by atoms with Crippen molar-refractivity contribution in [2.24, 2.45) is 10.9 Å². The van der Waals surface area contributed by atoms with Crippen molar-refractivity contribution in [3.63, 3.8) is 0 Å². The lowest BCUT2D eigenvalue weighted by Gasteiger charge is -2.18. The molecule has 0 aliphatic heterocycles. The molecule has 0 aromatic carbocycles. The smallest absolute Gasteiger partial charge is 0.322 e. The van der Waals surface area contributed by atoms with Gasteiger partial charge in [-0.3, -0.25) is 19.2 Å². The molecule has 0 spiro atoms. The normalized spacial score (nSPS) is 13.3. The number of oxime groups is 1. The van der Waals surface area contributed by atoms with Gasteiger partial charge in [-0.1, -0.05) is 18.0 Å². The maximum atomic E-state index is 12.3. The molecule has 0 aliphatic carbocycles. The molecule has 178 valence electrons. The number of thioether (sulfide) groups is 2. The fourth-order valence-corrected chi connectivity index (χ4v) is 3.79. The van der Waals surface area contributed by atoms with Crippen molar-refractivity contribution in [1.82, 2.24) is 10.6 Å². The van der Waals surface area contributed by atoms with Crippen LogP contribution >= 0.6 is 23.5 Å². The molecule has 0 bridgehead atoms. The van der Waals surface area contributed by atoms with Gasteiger partial charge >= 0.3 is 11.9 Å². The van der Waals surface area contributed by atoms with Gasteiger partial charge in [0.15, 0.2) is 0 Å². The molecule has 2 amide bonds. The van der Waals surface area contributed by atoms with Crippen molar-refractivity contribution < 1.29 is 34.6 Å². The molecule has 13 heteroatoms. The van der Waals surface area contributed by atoms with Crippen molar-refractivity contribution in [2.75, 3.05) is 24.3 Å². The van der Waals surface area contributed by atoms with Crippen LogP contribution in [0.3, 0.4) is 0 Å². The Balaban J connectivity index is 4.70. The number of amides is 2. The van der Waals surface area contributed by atoms with Crippen LogP contribution in [-0.4, -0.2) is 80.6 Å².